The van der Waals surface area contributed by atoms with Gasteiger partial charge in [-0.05, 0) is 55.4 Å². The van der Waals surface area contributed by atoms with Crippen LogP contribution in [0.4, 0.5) is 0 Å². The molecule has 2 aromatic carbocycles. The van der Waals surface area contributed by atoms with Gasteiger partial charge in [0.25, 0.3) is 0 Å². The largest absolute Gasteiger partial charge is 0.340 e. The number of carbonyl (C=O) groups is 1. The summed E-state index contributed by atoms with van der Waals surface area (Å²) >= 11 is 1.73. The highest BCUT2D eigenvalue weighted by Crippen LogP contribution is 2.27. The Balaban J connectivity index is 1.76. The van der Waals surface area contributed by atoms with Crippen molar-refractivity contribution in [3.05, 3.63) is 65.7 Å². The van der Waals surface area contributed by atoms with Crippen molar-refractivity contribution in [3.8, 4) is 0 Å². The molecule has 1 unspecified atom stereocenters. The summed E-state index contributed by atoms with van der Waals surface area (Å²) in [6, 6.07) is 18.5. The summed E-state index contributed by atoms with van der Waals surface area (Å²) in [6.07, 6.45) is 4.43. The molecular formula is C21H26N2OS. The first-order valence-electron chi connectivity index (χ1n) is 8.86. The molecule has 132 valence electrons. The zero-order valence-electron chi connectivity index (χ0n) is 15.0. The van der Waals surface area contributed by atoms with Gasteiger partial charge in [0, 0.05) is 18.5 Å². The molecule has 1 fully saturated rings. The van der Waals surface area contributed by atoms with Crippen LogP contribution in [0.5, 0.6) is 0 Å². The number of hydrogen-bond acceptors (Lipinski definition) is 3. The van der Waals surface area contributed by atoms with E-state index in [1.54, 1.807) is 11.8 Å². The zero-order valence-corrected chi connectivity index (χ0v) is 15.8. The van der Waals surface area contributed by atoms with Crippen LogP contribution >= 0.6 is 11.8 Å². The lowest BCUT2D eigenvalue weighted by molar-refractivity contribution is -0.136. The van der Waals surface area contributed by atoms with E-state index in [0.29, 0.717) is 6.54 Å². The van der Waals surface area contributed by atoms with Gasteiger partial charge < -0.3 is 4.90 Å². The van der Waals surface area contributed by atoms with Crippen molar-refractivity contribution >= 4 is 17.7 Å². The van der Waals surface area contributed by atoms with Gasteiger partial charge in [0.15, 0.2) is 0 Å². The van der Waals surface area contributed by atoms with Crippen molar-refractivity contribution in [1.29, 1.82) is 0 Å². The summed E-state index contributed by atoms with van der Waals surface area (Å²) in [4.78, 5) is 18.7. The second-order valence-electron chi connectivity index (χ2n) is 6.60. The Morgan fingerprint density at radius 1 is 1.08 bits per heavy atom. The number of rotatable bonds is 6. The third kappa shape index (κ3) is 4.44. The van der Waals surface area contributed by atoms with Crippen LogP contribution in [0.2, 0.25) is 0 Å². The molecule has 0 bridgehead atoms. The first-order valence-corrected chi connectivity index (χ1v) is 10.1. The normalized spacial score (nSPS) is 15.9. The maximum Gasteiger partial charge on any atom is 0.244 e. The van der Waals surface area contributed by atoms with Crippen LogP contribution < -0.4 is 0 Å². The molecule has 4 heteroatoms. The third-order valence-corrected chi connectivity index (χ3v) is 5.55. The van der Waals surface area contributed by atoms with Crippen LogP contribution in [0, 0.1) is 0 Å². The summed E-state index contributed by atoms with van der Waals surface area (Å²) in [5.74, 6) is 0.182. The average Bonchev–Trinajstić information content (AvgIpc) is 3.17. The standard InChI is InChI=1S/C21H26N2OS/c1-22(16-17-10-12-19(25-2)13-11-17)21(24)20(23-14-6-7-15-23)18-8-4-3-5-9-18/h3-5,8-13,20H,6-7,14-16H2,1-2H3. The topological polar surface area (TPSA) is 23.6 Å². The lowest BCUT2D eigenvalue weighted by Crippen LogP contribution is -2.40. The molecule has 1 aliphatic rings. The first-order chi connectivity index (χ1) is 12.2. The van der Waals surface area contributed by atoms with E-state index in [0.717, 1.165) is 18.7 Å². The highest BCUT2D eigenvalue weighted by Gasteiger charge is 2.31. The van der Waals surface area contributed by atoms with Gasteiger partial charge in [-0.2, -0.15) is 0 Å². The molecule has 1 saturated heterocycles. The van der Waals surface area contributed by atoms with Crippen LogP contribution in [0.3, 0.4) is 0 Å². The predicted molar refractivity (Wildman–Crippen MR) is 105 cm³/mol. The number of likely N-dealkylation sites (tertiary alicyclic amines) is 1. The molecule has 2 aromatic rings. The predicted octanol–water partition coefficient (Wildman–Crippen LogP) is 4.20. The van der Waals surface area contributed by atoms with Crippen LogP contribution in [0.25, 0.3) is 0 Å². The second kappa shape index (κ2) is 8.54. The number of amides is 1. The highest BCUT2D eigenvalue weighted by molar-refractivity contribution is 7.98. The molecule has 1 aliphatic heterocycles. The molecule has 0 radical (unpaired) electrons. The van der Waals surface area contributed by atoms with Gasteiger partial charge in [-0.3, -0.25) is 9.69 Å². The van der Waals surface area contributed by atoms with Crippen molar-refractivity contribution in [2.45, 2.75) is 30.3 Å². The minimum absolute atomic E-state index is 0.167. The molecule has 1 heterocycles. The molecule has 0 aliphatic carbocycles. The van der Waals surface area contributed by atoms with E-state index in [-0.39, 0.29) is 11.9 Å². The smallest absolute Gasteiger partial charge is 0.244 e. The van der Waals surface area contributed by atoms with E-state index < -0.39 is 0 Å². The lowest BCUT2D eigenvalue weighted by Gasteiger charge is -2.31. The van der Waals surface area contributed by atoms with Crippen molar-refractivity contribution in [1.82, 2.24) is 9.80 Å². The number of nitrogens with zero attached hydrogens (tertiary/aromatic N) is 2. The van der Waals surface area contributed by atoms with Gasteiger partial charge in [0.05, 0.1) is 0 Å². The maximum atomic E-state index is 13.2. The minimum atomic E-state index is -0.167. The Bertz CT molecular complexity index is 681. The fraction of sp³-hybridized carbons (Fsp3) is 0.381. The van der Waals surface area contributed by atoms with E-state index in [9.17, 15) is 4.79 Å². The average molecular weight is 355 g/mol. The van der Waals surface area contributed by atoms with Crippen LogP contribution in [0.1, 0.15) is 30.0 Å². The summed E-state index contributed by atoms with van der Waals surface area (Å²) in [7, 11) is 1.91. The first kappa shape index (κ1) is 18.0. The molecule has 3 rings (SSSR count). The Morgan fingerprint density at radius 3 is 2.32 bits per heavy atom. The molecule has 0 N–H and O–H groups in total. The van der Waals surface area contributed by atoms with Gasteiger partial charge in [-0.25, -0.2) is 0 Å². The van der Waals surface area contributed by atoms with Crippen molar-refractivity contribution in [2.75, 3.05) is 26.4 Å². The van der Waals surface area contributed by atoms with Crippen LogP contribution in [0.15, 0.2) is 59.5 Å². The minimum Gasteiger partial charge on any atom is -0.340 e. The Labute approximate surface area is 155 Å². The molecule has 1 atom stereocenters. The van der Waals surface area contributed by atoms with E-state index in [2.05, 4.69) is 47.6 Å². The van der Waals surface area contributed by atoms with E-state index in [1.165, 1.54) is 23.3 Å². The Kier molecular flexibility index (Phi) is 6.16. The van der Waals surface area contributed by atoms with Gasteiger partial charge in [-0.1, -0.05) is 42.5 Å². The molecule has 25 heavy (non-hydrogen) atoms. The number of thioether (sulfide) groups is 1. The molecular weight excluding hydrogens is 328 g/mol. The van der Waals surface area contributed by atoms with Crippen LogP contribution in [-0.4, -0.2) is 42.1 Å². The summed E-state index contributed by atoms with van der Waals surface area (Å²) in [6.45, 7) is 2.65. The molecule has 1 amide bonds. The fourth-order valence-electron chi connectivity index (χ4n) is 3.44. The van der Waals surface area contributed by atoms with Gasteiger partial charge >= 0.3 is 0 Å². The summed E-state index contributed by atoms with van der Waals surface area (Å²) in [5.41, 5.74) is 2.26. The molecule has 3 nitrogen and oxygen atoms in total. The zero-order chi connectivity index (χ0) is 17.6. The number of benzene rings is 2. The maximum absolute atomic E-state index is 13.2. The van der Waals surface area contributed by atoms with E-state index in [4.69, 9.17) is 0 Å². The lowest BCUT2D eigenvalue weighted by atomic mass is 10.0. The van der Waals surface area contributed by atoms with Crippen molar-refractivity contribution < 1.29 is 4.79 Å². The quantitative estimate of drug-likeness (QED) is 0.726. The Morgan fingerprint density at radius 2 is 1.72 bits per heavy atom. The van der Waals surface area contributed by atoms with Crippen molar-refractivity contribution in [2.24, 2.45) is 0 Å². The van der Waals surface area contributed by atoms with E-state index >= 15 is 0 Å². The summed E-state index contributed by atoms with van der Waals surface area (Å²) < 4.78 is 0. The SMILES string of the molecule is CSc1ccc(CN(C)C(=O)C(c2ccccc2)N2CCCC2)cc1. The van der Waals surface area contributed by atoms with Gasteiger partial charge in [-0.15, -0.1) is 11.8 Å². The Hall–Kier alpha value is -1.78. The summed E-state index contributed by atoms with van der Waals surface area (Å²) in [5, 5.41) is 0. The number of carbonyl (C=O) groups excluding carboxylic acids is 1. The number of likely N-dealkylation sites (N-methyl/N-ethyl adjacent to an activating group) is 1. The fourth-order valence-corrected chi connectivity index (χ4v) is 3.84. The highest BCUT2D eigenvalue weighted by atomic mass is 32.2. The monoisotopic (exact) mass is 354 g/mol. The van der Waals surface area contributed by atoms with Gasteiger partial charge in [0.1, 0.15) is 6.04 Å². The molecule has 0 saturated carbocycles. The second-order valence-corrected chi connectivity index (χ2v) is 7.48. The van der Waals surface area contributed by atoms with Crippen LogP contribution in [-0.2, 0) is 11.3 Å². The third-order valence-electron chi connectivity index (χ3n) is 4.81. The molecule has 0 spiro atoms. The van der Waals surface area contributed by atoms with E-state index in [1.807, 2.05) is 30.1 Å². The molecule has 0 aromatic heterocycles. The van der Waals surface area contributed by atoms with Crippen molar-refractivity contribution in [3.63, 3.8) is 0 Å². The number of hydrogen-bond donors (Lipinski definition) is 0. The van der Waals surface area contributed by atoms with Gasteiger partial charge in [0.2, 0.25) is 5.91 Å².